The minimum atomic E-state index is 0.836. The maximum atomic E-state index is 5.57. The molecular weight excluding hydrogens is 202 g/mol. The van der Waals surface area contributed by atoms with Crippen LogP contribution in [-0.4, -0.2) is 75.4 Å². The van der Waals surface area contributed by atoms with Crippen molar-refractivity contribution in [1.82, 2.24) is 15.1 Å². The second-order valence-electron chi connectivity index (χ2n) is 4.24. The molecule has 1 saturated heterocycles. The van der Waals surface area contributed by atoms with Crippen molar-refractivity contribution in [3.63, 3.8) is 0 Å². The van der Waals surface area contributed by atoms with Crippen molar-refractivity contribution in [2.45, 2.75) is 13.8 Å². The van der Waals surface area contributed by atoms with Gasteiger partial charge in [0.05, 0.1) is 13.2 Å². The fraction of sp³-hybridized carbons (Fsp3) is 1.00. The summed E-state index contributed by atoms with van der Waals surface area (Å²) >= 11 is 0. The van der Waals surface area contributed by atoms with E-state index in [0.717, 1.165) is 32.8 Å². The summed E-state index contributed by atoms with van der Waals surface area (Å²) in [6.45, 7) is 15.2. The van der Waals surface area contributed by atoms with Gasteiger partial charge in [-0.2, -0.15) is 0 Å². The van der Waals surface area contributed by atoms with E-state index in [0.29, 0.717) is 0 Å². The average Bonchev–Trinajstić information content (AvgIpc) is 2.34. The fourth-order valence-corrected chi connectivity index (χ4v) is 1.95. The van der Waals surface area contributed by atoms with Gasteiger partial charge in [-0.25, -0.2) is 0 Å². The number of likely N-dealkylation sites (N-methyl/N-ethyl adjacent to an activating group) is 2. The molecule has 0 aliphatic carbocycles. The first kappa shape index (κ1) is 13.9. The van der Waals surface area contributed by atoms with Crippen LogP contribution in [0.3, 0.4) is 0 Å². The molecule has 0 bridgehead atoms. The summed E-state index contributed by atoms with van der Waals surface area (Å²) in [7, 11) is 0. The first-order valence-electron chi connectivity index (χ1n) is 6.60. The number of hydrogen-bond donors (Lipinski definition) is 1. The fourth-order valence-electron chi connectivity index (χ4n) is 1.95. The van der Waals surface area contributed by atoms with Gasteiger partial charge in [-0.3, -0.25) is 4.90 Å². The monoisotopic (exact) mass is 229 g/mol. The number of ether oxygens (including phenoxy) is 1. The van der Waals surface area contributed by atoms with Crippen molar-refractivity contribution < 1.29 is 4.74 Å². The van der Waals surface area contributed by atoms with Gasteiger partial charge in [-0.15, -0.1) is 0 Å². The average molecular weight is 229 g/mol. The number of hydrogen-bond acceptors (Lipinski definition) is 4. The highest BCUT2D eigenvalue weighted by Crippen LogP contribution is 2.00. The number of nitrogens with zero attached hydrogens (tertiary/aromatic N) is 2. The van der Waals surface area contributed by atoms with E-state index in [1.54, 1.807) is 0 Å². The molecule has 0 spiro atoms. The summed E-state index contributed by atoms with van der Waals surface area (Å²) in [5.74, 6) is 0. The third-order valence-electron chi connectivity index (χ3n) is 3.14. The molecule has 4 nitrogen and oxygen atoms in total. The molecule has 0 radical (unpaired) electrons. The van der Waals surface area contributed by atoms with Crippen molar-refractivity contribution >= 4 is 0 Å². The van der Waals surface area contributed by atoms with Gasteiger partial charge >= 0.3 is 0 Å². The lowest BCUT2D eigenvalue weighted by Gasteiger charge is -2.33. The van der Waals surface area contributed by atoms with Gasteiger partial charge in [-0.1, -0.05) is 13.8 Å². The van der Waals surface area contributed by atoms with Gasteiger partial charge in [0.2, 0.25) is 0 Å². The smallest absolute Gasteiger partial charge is 0.0594 e. The van der Waals surface area contributed by atoms with Crippen molar-refractivity contribution in [2.24, 2.45) is 0 Å². The van der Waals surface area contributed by atoms with Gasteiger partial charge in [0, 0.05) is 39.3 Å². The summed E-state index contributed by atoms with van der Waals surface area (Å²) in [5, 5.41) is 3.25. The van der Waals surface area contributed by atoms with Crippen LogP contribution in [0.5, 0.6) is 0 Å². The predicted molar refractivity (Wildman–Crippen MR) is 67.9 cm³/mol. The standard InChI is InChI=1S/C12H27N3O/c1-3-13-5-11-16-12-10-15-8-6-14(4-2)7-9-15/h13H,3-12H2,1-2H3. The Kier molecular flexibility index (Phi) is 7.76. The molecule has 4 heteroatoms. The Morgan fingerprint density at radius 3 is 2.31 bits per heavy atom. The Hall–Kier alpha value is -0.160. The van der Waals surface area contributed by atoms with E-state index in [9.17, 15) is 0 Å². The second kappa shape index (κ2) is 8.93. The molecule has 0 aromatic heterocycles. The molecule has 0 aromatic rings. The zero-order valence-electron chi connectivity index (χ0n) is 10.9. The van der Waals surface area contributed by atoms with E-state index < -0.39 is 0 Å². The largest absolute Gasteiger partial charge is 0.379 e. The van der Waals surface area contributed by atoms with Crippen LogP contribution in [0.2, 0.25) is 0 Å². The van der Waals surface area contributed by atoms with E-state index in [-0.39, 0.29) is 0 Å². The maximum absolute atomic E-state index is 5.57. The number of piperazine rings is 1. The van der Waals surface area contributed by atoms with Crippen LogP contribution in [0.1, 0.15) is 13.8 Å². The van der Waals surface area contributed by atoms with Gasteiger partial charge in [-0.05, 0) is 13.1 Å². The Balaban J connectivity index is 1.90. The number of nitrogens with one attached hydrogen (secondary N) is 1. The number of rotatable bonds is 8. The SMILES string of the molecule is CCNCCOCCN1CCN(CC)CC1. The van der Waals surface area contributed by atoms with Gasteiger partial charge in [0.15, 0.2) is 0 Å². The van der Waals surface area contributed by atoms with E-state index in [1.165, 1.54) is 32.7 Å². The van der Waals surface area contributed by atoms with Crippen LogP contribution in [0.4, 0.5) is 0 Å². The van der Waals surface area contributed by atoms with Crippen LogP contribution in [0.25, 0.3) is 0 Å². The summed E-state index contributed by atoms with van der Waals surface area (Å²) in [5.41, 5.74) is 0. The van der Waals surface area contributed by atoms with E-state index >= 15 is 0 Å². The lowest BCUT2D eigenvalue weighted by molar-refractivity contribution is 0.0783. The van der Waals surface area contributed by atoms with E-state index in [4.69, 9.17) is 4.74 Å². The molecule has 0 aromatic carbocycles. The third kappa shape index (κ3) is 5.80. The molecule has 0 amide bonds. The molecule has 96 valence electrons. The lowest BCUT2D eigenvalue weighted by Crippen LogP contribution is -2.47. The van der Waals surface area contributed by atoms with Gasteiger partial charge < -0.3 is 15.0 Å². The molecule has 1 fully saturated rings. The van der Waals surface area contributed by atoms with E-state index in [1.807, 2.05) is 0 Å². The topological polar surface area (TPSA) is 27.7 Å². The first-order chi connectivity index (χ1) is 7.86. The lowest BCUT2D eigenvalue weighted by atomic mass is 10.3. The zero-order chi connectivity index (χ0) is 11.6. The van der Waals surface area contributed by atoms with Crippen LogP contribution >= 0.6 is 0 Å². The molecule has 0 atom stereocenters. The quantitative estimate of drug-likeness (QED) is 0.604. The second-order valence-corrected chi connectivity index (χ2v) is 4.24. The molecule has 16 heavy (non-hydrogen) atoms. The molecule has 1 N–H and O–H groups in total. The molecule has 1 aliphatic heterocycles. The zero-order valence-corrected chi connectivity index (χ0v) is 10.9. The van der Waals surface area contributed by atoms with Crippen molar-refractivity contribution in [1.29, 1.82) is 0 Å². The molecular formula is C12H27N3O. The molecule has 0 unspecified atom stereocenters. The summed E-state index contributed by atoms with van der Waals surface area (Å²) in [4.78, 5) is 5.00. The summed E-state index contributed by atoms with van der Waals surface area (Å²) in [6.07, 6.45) is 0. The van der Waals surface area contributed by atoms with Crippen LogP contribution < -0.4 is 5.32 Å². The highest BCUT2D eigenvalue weighted by molar-refractivity contribution is 4.70. The molecule has 1 rings (SSSR count). The van der Waals surface area contributed by atoms with Crippen LogP contribution in [-0.2, 0) is 4.74 Å². The normalized spacial score (nSPS) is 19.1. The minimum absolute atomic E-state index is 0.836. The van der Waals surface area contributed by atoms with Crippen molar-refractivity contribution in [3.05, 3.63) is 0 Å². The van der Waals surface area contributed by atoms with Gasteiger partial charge in [0.25, 0.3) is 0 Å². The van der Waals surface area contributed by atoms with Crippen LogP contribution in [0, 0.1) is 0 Å². The Labute approximate surface area is 99.9 Å². The molecule has 1 aliphatic rings. The Bertz CT molecular complexity index is 158. The highest BCUT2D eigenvalue weighted by Gasteiger charge is 2.14. The van der Waals surface area contributed by atoms with Gasteiger partial charge in [0.1, 0.15) is 0 Å². The highest BCUT2D eigenvalue weighted by atomic mass is 16.5. The summed E-state index contributed by atoms with van der Waals surface area (Å²) in [6, 6.07) is 0. The van der Waals surface area contributed by atoms with Crippen molar-refractivity contribution in [2.75, 3.05) is 65.6 Å². The van der Waals surface area contributed by atoms with Crippen LogP contribution in [0.15, 0.2) is 0 Å². The van der Waals surface area contributed by atoms with Crippen molar-refractivity contribution in [3.8, 4) is 0 Å². The third-order valence-corrected chi connectivity index (χ3v) is 3.14. The maximum Gasteiger partial charge on any atom is 0.0594 e. The Morgan fingerprint density at radius 2 is 1.69 bits per heavy atom. The minimum Gasteiger partial charge on any atom is -0.379 e. The molecule has 0 saturated carbocycles. The first-order valence-corrected chi connectivity index (χ1v) is 6.60. The predicted octanol–water partition coefficient (Wildman–Crippen LogP) is 0.250. The summed E-state index contributed by atoms with van der Waals surface area (Å²) < 4.78 is 5.57. The van der Waals surface area contributed by atoms with E-state index in [2.05, 4.69) is 29.0 Å². The molecule has 1 heterocycles. The Morgan fingerprint density at radius 1 is 1.00 bits per heavy atom.